The molecule has 0 fully saturated rings. The molecule has 2 heterocycles. The Morgan fingerprint density at radius 2 is 1.78 bits per heavy atom. The first-order chi connectivity index (χ1) is 12.5. The molecule has 1 unspecified atom stereocenters. The van der Waals surface area contributed by atoms with Crippen LogP contribution in [0, 0.1) is 12.8 Å². The first kappa shape index (κ1) is 21.1. The maximum atomic E-state index is 12.8. The molecule has 2 aromatic rings. The van der Waals surface area contributed by atoms with Crippen LogP contribution in [0.4, 0.5) is 0 Å². The zero-order valence-corrected chi connectivity index (χ0v) is 17.7. The molecule has 0 aliphatic rings. The standard InChI is InChI=1S/C18H27N5O3S/c1-9(2)8-23-14-13(17(25)22(7)18(23)26)16(21-12(6)20-14)27-11(5)15(24)19-10(3)4/h9-11H,8H2,1-7H3,(H,19,24). The maximum absolute atomic E-state index is 12.8. The number of amides is 1. The van der Waals surface area contributed by atoms with Gasteiger partial charge >= 0.3 is 5.69 Å². The Balaban J connectivity index is 2.68. The second kappa shape index (κ2) is 8.24. The van der Waals surface area contributed by atoms with Crippen LogP contribution in [-0.4, -0.2) is 36.3 Å². The Kier molecular flexibility index (Phi) is 6.46. The van der Waals surface area contributed by atoms with Gasteiger partial charge in [0.15, 0.2) is 5.65 Å². The summed E-state index contributed by atoms with van der Waals surface area (Å²) >= 11 is 1.20. The van der Waals surface area contributed by atoms with E-state index in [1.165, 1.54) is 23.4 Å². The van der Waals surface area contributed by atoms with Crippen LogP contribution in [0.5, 0.6) is 0 Å². The van der Waals surface area contributed by atoms with Gasteiger partial charge in [-0.25, -0.2) is 14.8 Å². The summed E-state index contributed by atoms with van der Waals surface area (Å²) in [5.41, 5.74) is -0.530. The Morgan fingerprint density at radius 3 is 2.33 bits per heavy atom. The molecule has 1 amide bonds. The van der Waals surface area contributed by atoms with E-state index in [1.807, 2.05) is 27.7 Å². The van der Waals surface area contributed by atoms with Crippen LogP contribution < -0.4 is 16.6 Å². The predicted molar refractivity (Wildman–Crippen MR) is 107 cm³/mol. The molecular formula is C18H27N5O3S. The second-order valence-corrected chi connectivity index (χ2v) is 8.68. The van der Waals surface area contributed by atoms with Gasteiger partial charge in [0.1, 0.15) is 16.2 Å². The second-order valence-electron chi connectivity index (χ2n) is 7.35. The molecule has 8 nitrogen and oxygen atoms in total. The van der Waals surface area contributed by atoms with Crippen molar-refractivity contribution in [1.29, 1.82) is 0 Å². The molecule has 2 rings (SSSR count). The normalized spacial score (nSPS) is 12.8. The van der Waals surface area contributed by atoms with Gasteiger partial charge in [-0.3, -0.25) is 18.7 Å². The van der Waals surface area contributed by atoms with Crippen LogP contribution in [0.1, 0.15) is 40.4 Å². The predicted octanol–water partition coefficient (Wildman–Crippen LogP) is 1.46. The smallest absolute Gasteiger partial charge is 0.332 e. The number of hydrogen-bond donors (Lipinski definition) is 1. The number of fused-ring (bicyclic) bond motifs is 1. The molecule has 148 valence electrons. The molecule has 2 aromatic heterocycles. The van der Waals surface area contributed by atoms with Gasteiger partial charge in [-0.1, -0.05) is 25.6 Å². The molecule has 0 aromatic carbocycles. The third-order valence-electron chi connectivity index (χ3n) is 3.90. The summed E-state index contributed by atoms with van der Waals surface area (Å²) in [6, 6.07) is 0.0218. The van der Waals surface area contributed by atoms with Gasteiger partial charge in [0.25, 0.3) is 5.56 Å². The summed E-state index contributed by atoms with van der Waals surface area (Å²) in [4.78, 5) is 46.5. The van der Waals surface area contributed by atoms with Crippen LogP contribution in [-0.2, 0) is 18.4 Å². The molecule has 0 spiro atoms. The van der Waals surface area contributed by atoms with Gasteiger partial charge in [0.2, 0.25) is 5.91 Å². The molecule has 0 aliphatic heterocycles. The highest BCUT2D eigenvalue weighted by molar-refractivity contribution is 8.00. The van der Waals surface area contributed by atoms with Gasteiger partial charge in [-0.15, -0.1) is 0 Å². The Morgan fingerprint density at radius 1 is 1.15 bits per heavy atom. The van der Waals surface area contributed by atoms with Crippen molar-refractivity contribution in [2.45, 2.75) is 64.4 Å². The van der Waals surface area contributed by atoms with Crippen molar-refractivity contribution in [3.8, 4) is 0 Å². The van der Waals surface area contributed by atoms with Crippen LogP contribution >= 0.6 is 11.8 Å². The van der Waals surface area contributed by atoms with Crippen molar-refractivity contribution >= 4 is 28.7 Å². The van der Waals surface area contributed by atoms with Crippen LogP contribution in [0.2, 0.25) is 0 Å². The molecule has 27 heavy (non-hydrogen) atoms. The van der Waals surface area contributed by atoms with Crippen molar-refractivity contribution in [2.24, 2.45) is 13.0 Å². The zero-order chi connectivity index (χ0) is 20.5. The fraction of sp³-hybridized carbons (Fsp3) is 0.611. The molecule has 0 aliphatic carbocycles. The first-order valence-corrected chi connectivity index (χ1v) is 9.86. The van der Waals surface area contributed by atoms with Gasteiger partial charge in [-0.05, 0) is 33.6 Å². The number of nitrogens with one attached hydrogen (secondary N) is 1. The van der Waals surface area contributed by atoms with E-state index in [0.29, 0.717) is 23.0 Å². The molecule has 0 saturated heterocycles. The topological polar surface area (TPSA) is 98.9 Å². The van der Waals surface area contributed by atoms with Crippen LogP contribution in [0.15, 0.2) is 14.6 Å². The van der Waals surface area contributed by atoms with Crippen molar-refractivity contribution in [1.82, 2.24) is 24.4 Å². The lowest BCUT2D eigenvalue weighted by atomic mass is 10.2. The fourth-order valence-corrected chi connectivity index (χ4v) is 3.67. The number of aryl methyl sites for hydroxylation is 1. The van der Waals surface area contributed by atoms with E-state index in [0.717, 1.165) is 4.57 Å². The van der Waals surface area contributed by atoms with Crippen LogP contribution in [0.3, 0.4) is 0 Å². The third kappa shape index (κ3) is 4.58. The summed E-state index contributed by atoms with van der Waals surface area (Å²) in [6.07, 6.45) is 0. The van der Waals surface area contributed by atoms with E-state index in [1.54, 1.807) is 13.8 Å². The largest absolute Gasteiger partial charge is 0.353 e. The van der Waals surface area contributed by atoms with Crippen molar-refractivity contribution < 1.29 is 4.79 Å². The SMILES string of the molecule is Cc1nc(SC(C)C(=O)NC(C)C)c2c(=O)n(C)c(=O)n(CC(C)C)c2n1. The first-order valence-electron chi connectivity index (χ1n) is 8.98. The number of thioether (sulfide) groups is 1. The van der Waals surface area contributed by atoms with E-state index < -0.39 is 16.5 Å². The van der Waals surface area contributed by atoms with Gasteiger partial charge in [0.05, 0.1) is 5.25 Å². The van der Waals surface area contributed by atoms with Crippen molar-refractivity contribution in [2.75, 3.05) is 0 Å². The molecule has 1 atom stereocenters. The van der Waals surface area contributed by atoms with E-state index in [4.69, 9.17) is 0 Å². The lowest BCUT2D eigenvalue weighted by molar-refractivity contribution is -0.120. The van der Waals surface area contributed by atoms with Gasteiger partial charge in [0, 0.05) is 19.6 Å². The monoisotopic (exact) mass is 393 g/mol. The fourth-order valence-electron chi connectivity index (χ4n) is 2.68. The summed E-state index contributed by atoms with van der Waals surface area (Å²) in [5.74, 6) is 0.517. The molecule has 0 saturated carbocycles. The minimum atomic E-state index is -0.450. The van der Waals surface area contributed by atoms with E-state index in [2.05, 4.69) is 15.3 Å². The summed E-state index contributed by atoms with van der Waals surface area (Å²) in [7, 11) is 1.45. The number of aromatic nitrogens is 4. The lowest BCUT2D eigenvalue weighted by Gasteiger charge is -2.17. The maximum Gasteiger partial charge on any atom is 0.332 e. The lowest BCUT2D eigenvalue weighted by Crippen LogP contribution is -2.40. The Hall–Kier alpha value is -2.16. The average Bonchev–Trinajstić information content (AvgIpc) is 2.55. The van der Waals surface area contributed by atoms with Crippen molar-refractivity contribution in [3.05, 3.63) is 26.7 Å². The number of hydrogen-bond acceptors (Lipinski definition) is 6. The molecule has 0 radical (unpaired) electrons. The molecule has 1 N–H and O–H groups in total. The minimum absolute atomic E-state index is 0.0218. The highest BCUT2D eigenvalue weighted by Gasteiger charge is 2.22. The van der Waals surface area contributed by atoms with E-state index in [9.17, 15) is 14.4 Å². The number of nitrogens with zero attached hydrogens (tertiary/aromatic N) is 4. The third-order valence-corrected chi connectivity index (χ3v) is 4.98. The van der Waals surface area contributed by atoms with E-state index in [-0.39, 0.29) is 23.3 Å². The average molecular weight is 394 g/mol. The van der Waals surface area contributed by atoms with Gasteiger partial charge in [-0.2, -0.15) is 0 Å². The summed E-state index contributed by atoms with van der Waals surface area (Å²) < 4.78 is 2.59. The van der Waals surface area contributed by atoms with E-state index >= 15 is 0 Å². The Bertz CT molecular complexity index is 978. The van der Waals surface area contributed by atoms with Gasteiger partial charge < -0.3 is 5.32 Å². The highest BCUT2D eigenvalue weighted by atomic mass is 32.2. The zero-order valence-electron chi connectivity index (χ0n) is 16.9. The molecule has 0 bridgehead atoms. The number of rotatable bonds is 6. The molecular weight excluding hydrogens is 366 g/mol. The summed E-state index contributed by atoms with van der Waals surface area (Å²) in [6.45, 7) is 11.7. The number of carbonyl (C=O) groups is 1. The summed E-state index contributed by atoms with van der Waals surface area (Å²) in [5, 5.41) is 3.11. The van der Waals surface area contributed by atoms with Crippen LogP contribution in [0.25, 0.3) is 11.0 Å². The highest BCUT2D eigenvalue weighted by Crippen LogP contribution is 2.26. The number of carbonyl (C=O) groups excluding carboxylic acids is 1. The Labute approximate surface area is 162 Å². The minimum Gasteiger partial charge on any atom is -0.353 e. The quantitative estimate of drug-likeness (QED) is 0.589. The van der Waals surface area contributed by atoms with Crippen molar-refractivity contribution in [3.63, 3.8) is 0 Å². The molecule has 9 heteroatoms.